The van der Waals surface area contributed by atoms with Gasteiger partial charge in [-0.25, -0.2) is 4.79 Å². The molecule has 0 aliphatic heterocycles. The highest BCUT2D eigenvalue weighted by atomic mass is 16.5. The molecule has 114 valence electrons. The Balaban J connectivity index is 1.79. The number of methoxy groups -OCH3 is 2. The second kappa shape index (κ2) is 5.85. The molecule has 0 bridgehead atoms. The molecule has 3 aromatic rings. The van der Waals surface area contributed by atoms with E-state index in [1.165, 1.54) is 0 Å². The highest BCUT2D eigenvalue weighted by Gasteiger charge is 2.05. The maximum absolute atomic E-state index is 11.3. The Hall–Kier alpha value is -2.89. The predicted octanol–water partition coefficient (Wildman–Crippen LogP) is 2.49. The van der Waals surface area contributed by atoms with E-state index in [0.29, 0.717) is 6.54 Å². The summed E-state index contributed by atoms with van der Waals surface area (Å²) in [4.78, 5) is 16.7. The molecule has 0 amide bonds. The fourth-order valence-electron chi connectivity index (χ4n) is 2.34. The minimum Gasteiger partial charge on any atom is -0.497 e. The van der Waals surface area contributed by atoms with Gasteiger partial charge in [0.2, 0.25) is 0 Å². The molecular formula is C16H17N3O3. The highest BCUT2D eigenvalue weighted by molar-refractivity contribution is 5.78. The summed E-state index contributed by atoms with van der Waals surface area (Å²) in [7, 11) is 3.26. The maximum Gasteiger partial charge on any atom is 0.323 e. The normalized spacial score (nSPS) is 10.6. The number of aromatic nitrogens is 2. The molecule has 3 N–H and O–H groups in total. The molecule has 0 aliphatic carbocycles. The Bertz CT molecular complexity index is 851. The van der Waals surface area contributed by atoms with Crippen molar-refractivity contribution in [2.24, 2.45) is 0 Å². The highest BCUT2D eigenvalue weighted by Crippen LogP contribution is 2.25. The van der Waals surface area contributed by atoms with Gasteiger partial charge in [-0.2, -0.15) is 0 Å². The van der Waals surface area contributed by atoms with Crippen molar-refractivity contribution >= 4 is 16.7 Å². The fourth-order valence-corrected chi connectivity index (χ4v) is 2.34. The summed E-state index contributed by atoms with van der Waals surface area (Å²) in [5.74, 6) is 1.52. The molecule has 0 radical (unpaired) electrons. The Kier molecular flexibility index (Phi) is 3.74. The number of hydrogen-bond acceptors (Lipinski definition) is 4. The van der Waals surface area contributed by atoms with Gasteiger partial charge in [0.05, 0.1) is 25.3 Å². The fraction of sp³-hybridized carbons (Fsp3) is 0.188. The van der Waals surface area contributed by atoms with Crippen molar-refractivity contribution in [1.29, 1.82) is 0 Å². The van der Waals surface area contributed by atoms with Gasteiger partial charge in [0, 0.05) is 23.9 Å². The van der Waals surface area contributed by atoms with Crippen LogP contribution in [0, 0.1) is 0 Å². The largest absolute Gasteiger partial charge is 0.497 e. The number of hydrogen-bond donors (Lipinski definition) is 3. The molecule has 1 aromatic heterocycles. The lowest BCUT2D eigenvalue weighted by molar-refractivity contribution is 0.391. The summed E-state index contributed by atoms with van der Waals surface area (Å²) >= 11 is 0. The van der Waals surface area contributed by atoms with Gasteiger partial charge in [-0.05, 0) is 30.3 Å². The Morgan fingerprint density at radius 3 is 2.59 bits per heavy atom. The molecular weight excluding hydrogens is 282 g/mol. The number of benzene rings is 2. The van der Waals surface area contributed by atoms with E-state index in [4.69, 9.17) is 9.47 Å². The quantitative estimate of drug-likeness (QED) is 0.676. The van der Waals surface area contributed by atoms with Gasteiger partial charge in [-0.1, -0.05) is 0 Å². The molecule has 0 spiro atoms. The number of rotatable bonds is 5. The number of H-pyrrole nitrogens is 2. The van der Waals surface area contributed by atoms with Crippen molar-refractivity contribution in [2.45, 2.75) is 6.54 Å². The molecule has 0 fully saturated rings. The van der Waals surface area contributed by atoms with Crippen LogP contribution in [0.3, 0.4) is 0 Å². The van der Waals surface area contributed by atoms with E-state index in [0.717, 1.165) is 33.8 Å². The Morgan fingerprint density at radius 2 is 1.82 bits per heavy atom. The number of fused-ring (bicyclic) bond motifs is 1. The molecule has 6 heteroatoms. The van der Waals surface area contributed by atoms with Crippen LogP contribution in [-0.2, 0) is 6.54 Å². The van der Waals surface area contributed by atoms with Crippen LogP contribution in [0.2, 0.25) is 0 Å². The first kappa shape index (κ1) is 14.1. The van der Waals surface area contributed by atoms with E-state index in [-0.39, 0.29) is 5.69 Å². The van der Waals surface area contributed by atoms with E-state index >= 15 is 0 Å². The first-order valence-electron chi connectivity index (χ1n) is 6.86. The average Bonchev–Trinajstić information content (AvgIpc) is 2.91. The summed E-state index contributed by atoms with van der Waals surface area (Å²) in [5, 5.41) is 3.32. The van der Waals surface area contributed by atoms with E-state index in [9.17, 15) is 4.79 Å². The number of imidazole rings is 1. The summed E-state index contributed by atoms with van der Waals surface area (Å²) in [6.45, 7) is 0.604. The molecule has 0 aliphatic rings. The second-order valence-corrected chi connectivity index (χ2v) is 4.87. The van der Waals surface area contributed by atoms with Crippen LogP contribution in [0.4, 0.5) is 5.69 Å². The summed E-state index contributed by atoms with van der Waals surface area (Å²) in [6, 6.07) is 11.4. The van der Waals surface area contributed by atoms with Crippen molar-refractivity contribution < 1.29 is 9.47 Å². The first-order chi connectivity index (χ1) is 10.7. The van der Waals surface area contributed by atoms with Gasteiger partial charge in [-0.3, -0.25) is 0 Å². The third kappa shape index (κ3) is 2.76. The van der Waals surface area contributed by atoms with Crippen LogP contribution in [0.25, 0.3) is 11.0 Å². The molecule has 0 unspecified atom stereocenters. The number of nitrogens with one attached hydrogen (secondary N) is 3. The van der Waals surface area contributed by atoms with Crippen LogP contribution in [0.15, 0.2) is 41.2 Å². The van der Waals surface area contributed by atoms with E-state index < -0.39 is 0 Å². The van der Waals surface area contributed by atoms with Gasteiger partial charge < -0.3 is 24.8 Å². The number of aromatic amines is 2. The van der Waals surface area contributed by atoms with Crippen LogP contribution in [0.1, 0.15) is 5.56 Å². The monoisotopic (exact) mass is 299 g/mol. The third-order valence-electron chi connectivity index (χ3n) is 3.49. The Morgan fingerprint density at radius 1 is 1.00 bits per heavy atom. The number of anilines is 1. The lowest BCUT2D eigenvalue weighted by atomic mass is 10.2. The van der Waals surface area contributed by atoms with E-state index in [2.05, 4.69) is 15.3 Å². The lowest BCUT2D eigenvalue weighted by Gasteiger charge is -2.12. The van der Waals surface area contributed by atoms with E-state index in [1.807, 2.05) is 36.4 Å². The van der Waals surface area contributed by atoms with Crippen molar-refractivity contribution in [3.05, 3.63) is 52.4 Å². The van der Waals surface area contributed by atoms with Crippen LogP contribution < -0.4 is 20.5 Å². The minimum absolute atomic E-state index is 0.205. The van der Waals surface area contributed by atoms with Crippen molar-refractivity contribution in [2.75, 3.05) is 19.5 Å². The van der Waals surface area contributed by atoms with Crippen LogP contribution in [0.5, 0.6) is 11.5 Å². The molecule has 0 saturated heterocycles. The van der Waals surface area contributed by atoms with Gasteiger partial charge >= 0.3 is 5.69 Å². The molecule has 0 atom stereocenters. The van der Waals surface area contributed by atoms with Gasteiger partial charge in [0.25, 0.3) is 0 Å². The van der Waals surface area contributed by atoms with Crippen LogP contribution >= 0.6 is 0 Å². The van der Waals surface area contributed by atoms with Gasteiger partial charge in [-0.15, -0.1) is 0 Å². The second-order valence-electron chi connectivity index (χ2n) is 4.87. The summed E-state index contributed by atoms with van der Waals surface area (Å²) < 4.78 is 10.6. The van der Waals surface area contributed by atoms with Crippen molar-refractivity contribution in [3.8, 4) is 11.5 Å². The maximum atomic E-state index is 11.3. The Labute approximate surface area is 127 Å². The molecule has 2 aromatic carbocycles. The molecule has 3 rings (SSSR count). The zero-order valence-electron chi connectivity index (χ0n) is 12.4. The van der Waals surface area contributed by atoms with Gasteiger partial charge in [0.1, 0.15) is 11.5 Å². The standard InChI is InChI=1S/C16H17N3O3/c1-21-12-5-3-10(15(8-12)22-2)9-17-11-4-6-13-14(7-11)19-16(20)18-13/h3-8,17H,9H2,1-2H3,(H2,18,19,20). The zero-order chi connectivity index (χ0) is 15.5. The smallest absolute Gasteiger partial charge is 0.323 e. The summed E-state index contributed by atoms with van der Waals surface area (Å²) in [5.41, 5.74) is 3.30. The van der Waals surface area contributed by atoms with Gasteiger partial charge in [0.15, 0.2) is 0 Å². The zero-order valence-corrected chi connectivity index (χ0v) is 12.4. The lowest BCUT2D eigenvalue weighted by Crippen LogP contribution is -2.02. The average molecular weight is 299 g/mol. The summed E-state index contributed by atoms with van der Waals surface area (Å²) in [6.07, 6.45) is 0. The molecule has 6 nitrogen and oxygen atoms in total. The minimum atomic E-state index is -0.205. The third-order valence-corrected chi connectivity index (χ3v) is 3.49. The first-order valence-corrected chi connectivity index (χ1v) is 6.86. The molecule has 1 heterocycles. The number of ether oxygens (including phenoxy) is 2. The van der Waals surface area contributed by atoms with Crippen molar-refractivity contribution in [3.63, 3.8) is 0 Å². The van der Waals surface area contributed by atoms with Crippen molar-refractivity contribution in [1.82, 2.24) is 9.97 Å². The predicted molar refractivity (Wildman–Crippen MR) is 85.8 cm³/mol. The molecule has 0 saturated carbocycles. The van der Waals surface area contributed by atoms with Crippen LogP contribution in [-0.4, -0.2) is 24.2 Å². The SMILES string of the molecule is COc1ccc(CNc2ccc3[nH]c(=O)[nH]c3c2)c(OC)c1. The topological polar surface area (TPSA) is 79.1 Å². The van der Waals surface area contributed by atoms with E-state index in [1.54, 1.807) is 14.2 Å². The molecule has 22 heavy (non-hydrogen) atoms.